The lowest BCUT2D eigenvalue weighted by atomic mass is 10.0. The zero-order valence-electron chi connectivity index (χ0n) is 16.3. The molecule has 1 unspecified atom stereocenters. The zero-order valence-corrected chi connectivity index (χ0v) is 17.2. The van der Waals surface area contributed by atoms with E-state index in [-0.39, 0.29) is 44.0 Å². The molecule has 0 aromatic rings. The molecule has 2 saturated heterocycles. The van der Waals surface area contributed by atoms with Crippen LogP contribution in [-0.2, 0) is 33.2 Å². The third-order valence-electron chi connectivity index (χ3n) is 4.33. The highest BCUT2D eigenvalue weighted by molar-refractivity contribution is 7.53. The topological polar surface area (TPSA) is 107 Å². The van der Waals surface area contributed by atoms with Crippen LogP contribution in [0, 0.1) is 0 Å². The maximum Gasteiger partial charge on any atom is 0.384 e. The van der Waals surface area contributed by atoms with E-state index in [9.17, 15) is 14.2 Å². The number of carbonyl (C=O) groups excluding carboxylic acids is 2. The number of hydrogen-bond donors (Lipinski definition) is 0. The average Bonchev–Trinajstić information content (AvgIpc) is 3.43. The molecule has 2 heterocycles. The second-order valence-corrected chi connectivity index (χ2v) is 8.84. The van der Waals surface area contributed by atoms with E-state index in [0.717, 1.165) is 0 Å². The second-order valence-electron chi connectivity index (χ2n) is 6.87. The lowest BCUT2D eigenvalue weighted by Crippen LogP contribution is -2.45. The van der Waals surface area contributed by atoms with Crippen LogP contribution >= 0.6 is 7.60 Å². The van der Waals surface area contributed by atoms with Gasteiger partial charge in [-0.15, -0.1) is 9.35 Å². The number of imide groups is 1. The predicted molar refractivity (Wildman–Crippen MR) is 94.8 cm³/mol. The van der Waals surface area contributed by atoms with Gasteiger partial charge < -0.3 is 9.64 Å². The predicted octanol–water partition coefficient (Wildman–Crippen LogP) is 2.34. The van der Waals surface area contributed by atoms with Crippen LogP contribution in [-0.4, -0.2) is 72.5 Å². The van der Waals surface area contributed by atoms with E-state index in [0.29, 0.717) is 26.0 Å². The lowest BCUT2D eigenvalue weighted by Gasteiger charge is -2.26. The molecular weight excluding hydrogens is 379 g/mol. The van der Waals surface area contributed by atoms with Crippen LogP contribution in [0.2, 0.25) is 0 Å². The van der Waals surface area contributed by atoms with E-state index >= 15 is 0 Å². The standard InChI is InChI=1S/C16H29N2O8P/c1-5-23-25-27(21,26-24-6-2)10-8-7-9-17-14(19)16(3,4)18(15(17)20)11-13-12-22-13/h13H,5-12H2,1-4H3. The van der Waals surface area contributed by atoms with Gasteiger partial charge in [-0.25, -0.2) is 14.6 Å². The van der Waals surface area contributed by atoms with Gasteiger partial charge in [-0.05, 0) is 40.5 Å². The number of amides is 3. The third-order valence-corrected chi connectivity index (χ3v) is 5.85. The first-order valence-electron chi connectivity index (χ1n) is 9.21. The average molecular weight is 408 g/mol. The molecule has 0 saturated carbocycles. The Bertz CT molecular complexity index is 569. The number of nitrogens with zero attached hydrogens (tertiary/aromatic N) is 2. The number of rotatable bonds is 13. The van der Waals surface area contributed by atoms with Crippen LogP contribution in [0.15, 0.2) is 0 Å². The fourth-order valence-corrected chi connectivity index (χ4v) is 4.04. The van der Waals surface area contributed by atoms with E-state index in [4.69, 9.17) is 23.9 Å². The van der Waals surface area contributed by atoms with Gasteiger partial charge in [0.1, 0.15) is 5.54 Å². The largest absolute Gasteiger partial charge is 0.384 e. The molecule has 0 spiro atoms. The third kappa shape index (κ3) is 5.73. The lowest BCUT2D eigenvalue weighted by molar-refractivity contribution is -0.263. The number of urea groups is 1. The Kier molecular flexibility index (Phi) is 7.79. The zero-order chi connectivity index (χ0) is 20.1. The van der Waals surface area contributed by atoms with Crippen molar-refractivity contribution in [2.75, 3.05) is 39.1 Å². The molecule has 0 radical (unpaired) electrons. The van der Waals surface area contributed by atoms with Crippen molar-refractivity contribution in [1.82, 2.24) is 9.80 Å². The number of unbranched alkanes of at least 4 members (excludes halogenated alkanes) is 1. The fraction of sp³-hybridized carbons (Fsp3) is 0.875. The normalized spacial score (nSPS) is 22.0. The van der Waals surface area contributed by atoms with Crippen LogP contribution in [0.3, 0.4) is 0 Å². The Morgan fingerprint density at radius 3 is 2.26 bits per heavy atom. The minimum absolute atomic E-state index is 0.0123. The van der Waals surface area contributed by atoms with Crippen molar-refractivity contribution in [1.29, 1.82) is 0 Å². The van der Waals surface area contributed by atoms with E-state index in [1.807, 2.05) is 0 Å². The van der Waals surface area contributed by atoms with E-state index in [1.165, 1.54) is 4.90 Å². The number of carbonyl (C=O) groups is 2. The Balaban J connectivity index is 1.85. The molecule has 27 heavy (non-hydrogen) atoms. The minimum Gasteiger partial charge on any atom is -0.371 e. The van der Waals surface area contributed by atoms with Gasteiger partial charge in [-0.2, -0.15) is 0 Å². The molecule has 0 bridgehead atoms. The molecule has 0 aromatic carbocycles. The first-order chi connectivity index (χ1) is 12.7. The quantitative estimate of drug-likeness (QED) is 0.114. The Hall–Kier alpha value is -1.03. The van der Waals surface area contributed by atoms with Crippen LogP contribution in [0.4, 0.5) is 4.79 Å². The molecule has 2 rings (SSSR count). The summed E-state index contributed by atoms with van der Waals surface area (Å²) < 4.78 is 27.3. The van der Waals surface area contributed by atoms with Crippen molar-refractivity contribution in [2.45, 2.75) is 52.2 Å². The van der Waals surface area contributed by atoms with Gasteiger partial charge in [0, 0.05) is 6.54 Å². The molecule has 10 nitrogen and oxygen atoms in total. The van der Waals surface area contributed by atoms with Crippen molar-refractivity contribution in [3.8, 4) is 0 Å². The molecule has 3 amide bonds. The SMILES string of the molecule is CCOOP(=O)(CCCCN1C(=O)N(CC2CO2)C(C)(C)C1=O)OOCC. The van der Waals surface area contributed by atoms with Crippen molar-refractivity contribution >= 4 is 19.5 Å². The van der Waals surface area contributed by atoms with Gasteiger partial charge >= 0.3 is 13.6 Å². The maximum atomic E-state index is 12.6. The fourth-order valence-electron chi connectivity index (χ4n) is 2.73. The van der Waals surface area contributed by atoms with Crippen molar-refractivity contribution in [3.05, 3.63) is 0 Å². The molecule has 0 N–H and O–H groups in total. The number of epoxide rings is 1. The van der Waals surface area contributed by atoms with Crippen LogP contribution < -0.4 is 0 Å². The first-order valence-corrected chi connectivity index (χ1v) is 10.9. The Morgan fingerprint density at radius 2 is 1.74 bits per heavy atom. The maximum absolute atomic E-state index is 12.6. The Morgan fingerprint density at radius 1 is 1.15 bits per heavy atom. The van der Waals surface area contributed by atoms with Gasteiger partial charge in [0.2, 0.25) is 0 Å². The molecule has 156 valence electrons. The van der Waals surface area contributed by atoms with E-state index in [2.05, 4.69) is 0 Å². The van der Waals surface area contributed by atoms with Gasteiger partial charge in [0.05, 0.1) is 38.6 Å². The molecule has 11 heteroatoms. The van der Waals surface area contributed by atoms with E-state index < -0.39 is 13.1 Å². The summed E-state index contributed by atoms with van der Waals surface area (Å²) in [5.74, 6) is -0.243. The minimum atomic E-state index is -3.55. The first kappa shape index (κ1) is 22.3. The monoisotopic (exact) mass is 408 g/mol. The molecule has 2 aliphatic rings. The van der Waals surface area contributed by atoms with Crippen LogP contribution in [0.5, 0.6) is 0 Å². The summed E-state index contributed by atoms with van der Waals surface area (Å²) in [6.07, 6.45) is 0.918. The smallest absolute Gasteiger partial charge is 0.371 e. The van der Waals surface area contributed by atoms with Gasteiger partial charge in [-0.3, -0.25) is 14.3 Å². The summed E-state index contributed by atoms with van der Waals surface area (Å²) in [7, 11) is -3.55. The molecule has 0 aliphatic carbocycles. The summed E-state index contributed by atoms with van der Waals surface area (Å²) in [4.78, 5) is 37.5. The summed E-state index contributed by atoms with van der Waals surface area (Å²) in [6, 6.07) is -0.320. The molecule has 1 atom stereocenters. The van der Waals surface area contributed by atoms with Crippen LogP contribution in [0.25, 0.3) is 0 Å². The highest BCUT2D eigenvalue weighted by Gasteiger charge is 2.52. The van der Waals surface area contributed by atoms with E-state index in [1.54, 1.807) is 32.6 Å². The summed E-state index contributed by atoms with van der Waals surface area (Å²) in [5, 5.41) is 0. The number of ether oxygens (including phenoxy) is 1. The summed E-state index contributed by atoms with van der Waals surface area (Å²) in [5.41, 5.74) is -0.894. The van der Waals surface area contributed by atoms with Crippen LogP contribution in [0.1, 0.15) is 40.5 Å². The van der Waals surface area contributed by atoms with Crippen molar-refractivity contribution in [2.24, 2.45) is 0 Å². The van der Waals surface area contributed by atoms with Gasteiger partial charge in [0.15, 0.2) is 0 Å². The second kappa shape index (κ2) is 9.45. The van der Waals surface area contributed by atoms with Gasteiger partial charge in [-0.1, -0.05) is 0 Å². The number of hydrogen-bond acceptors (Lipinski definition) is 8. The highest BCUT2D eigenvalue weighted by atomic mass is 31.2. The summed E-state index contributed by atoms with van der Waals surface area (Å²) in [6.45, 7) is 8.53. The van der Waals surface area contributed by atoms with Crippen molar-refractivity contribution < 1.29 is 38.0 Å². The highest BCUT2D eigenvalue weighted by Crippen LogP contribution is 2.49. The summed E-state index contributed by atoms with van der Waals surface area (Å²) >= 11 is 0. The molecule has 2 aliphatic heterocycles. The van der Waals surface area contributed by atoms with Crippen molar-refractivity contribution in [3.63, 3.8) is 0 Å². The molecular formula is C16H29N2O8P. The molecule has 2 fully saturated rings. The molecule has 0 aromatic heterocycles. The Labute approximate surface area is 159 Å². The van der Waals surface area contributed by atoms with Gasteiger partial charge in [0.25, 0.3) is 5.91 Å².